The van der Waals surface area contributed by atoms with Crippen molar-refractivity contribution in [1.82, 2.24) is 0 Å². The molecule has 1 N–H and O–H groups in total. The summed E-state index contributed by atoms with van der Waals surface area (Å²) in [7, 11) is 1.49. The smallest absolute Gasteiger partial charge is 0.266 e. The molecule has 3 aromatic rings. The molecule has 0 aliphatic heterocycles. The van der Waals surface area contributed by atoms with E-state index in [2.05, 4.69) is 27.9 Å². The lowest BCUT2D eigenvalue weighted by Gasteiger charge is -2.14. The first-order valence-electron chi connectivity index (χ1n) is 10.1. The van der Waals surface area contributed by atoms with Crippen molar-refractivity contribution in [2.24, 2.45) is 0 Å². The molecule has 5 nitrogen and oxygen atoms in total. The van der Waals surface area contributed by atoms with Crippen LogP contribution in [-0.4, -0.2) is 13.0 Å². The number of nitrogens with one attached hydrogen (secondary N) is 1. The van der Waals surface area contributed by atoms with Crippen molar-refractivity contribution >= 4 is 40.3 Å². The zero-order valence-electron chi connectivity index (χ0n) is 18.4. The summed E-state index contributed by atoms with van der Waals surface area (Å²) in [5.41, 5.74) is 3.62. The first kappa shape index (κ1) is 24.3. The van der Waals surface area contributed by atoms with Gasteiger partial charge in [-0.2, -0.15) is 5.26 Å². The summed E-state index contributed by atoms with van der Waals surface area (Å²) in [6.07, 6.45) is 1.49. The Labute approximate surface area is 206 Å². The minimum atomic E-state index is -0.500. The van der Waals surface area contributed by atoms with Crippen LogP contribution in [-0.2, 0) is 11.4 Å². The van der Waals surface area contributed by atoms with Crippen LogP contribution in [0, 0.1) is 34.6 Å². The molecular weight excluding hydrogens is 534 g/mol. The van der Waals surface area contributed by atoms with Crippen LogP contribution < -0.4 is 14.8 Å². The van der Waals surface area contributed by atoms with E-state index in [4.69, 9.17) is 9.47 Å². The number of nitriles is 1. The number of amides is 1. The predicted molar refractivity (Wildman–Crippen MR) is 135 cm³/mol. The van der Waals surface area contributed by atoms with Crippen molar-refractivity contribution in [3.8, 4) is 17.6 Å². The second kappa shape index (κ2) is 11.0. The van der Waals surface area contributed by atoms with Gasteiger partial charge in [0.05, 0.1) is 10.7 Å². The van der Waals surface area contributed by atoms with Gasteiger partial charge in [0.25, 0.3) is 5.91 Å². The van der Waals surface area contributed by atoms with Gasteiger partial charge in [-0.25, -0.2) is 4.39 Å². The molecular formula is C26H22FIN2O3. The fraction of sp³-hybridized carbons (Fsp3) is 0.154. The second-order valence-electron chi connectivity index (χ2n) is 7.29. The van der Waals surface area contributed by atoms with Crippen molar-refractivity contribution in [2.75, 3.05) is 12.4 Å². The van der Waals surface area contributed by atoms with E-state index in [-0.39, 0.29) is 18.0 Å². The summed E-state index contributed by atoms with van der Waals surface area (Å²) in [6, 6.07) is 17.4. The summed E-state index contributed by atoms with van der Waals surface area (Å²) in [6.45, 7) is 3.90. The molecule has 0 aliphatic rings. The molecule has 0 spiro atoms. The molecule has 0 aliphatic carbocycles. The molecule has 33 heavy (non-hydrogen) atoms. The highest BCUT2D eigenvalue weighted by molar-refractivity contribution is 14.1. The average molecular weight is 556 g/mol. The summed E-state index contributed by atoms with van der Waals surface area (Å²) in [5.74, 6) is 0.0215. The van der Waals surface area contributed by atoms with Gasteiger partial charge in [-0.05, 0) is 83.5 Å². The number of methoxy groups -OCH3 is 1. The third-order valence-electron chi connectivity index (χ3n) is 5.11. The lowest BCUT2D eigenvalue weighted by atomic mass is 10.1. The van der Waals surface area contributed by atoms with Crippen LogP contribution in [0.4, 0.5) is 10.1 Å². The Morgan fingerprint density at radius 3 is 2.64 bits per heavy atom. The number of rotatable bonds is 7. The molecule has 0 fully saturated rings. The lowest BCUT2D eigenvalue weighted by molar-refractivity contribution is -0.112. The van der Waals surface area contributed by atoms with Crippen molar-refractivity contribution in [3.05, 3.63) is 91.8 Å². The summed E-state index contributed by atoms with van der Waals surface area (Å²) >= 11 is 2.08. The van der Waals surface area contributed by atoms with Crippen molar-refractivity contribution in [2.45, 2.75) is 20.5 Å². The van der Waals surface area contributed by atoms with Crippen LogP contribution >= 0.6 is 22.6 Å². The van der Waals surface area contributed by atoms with E-state index < -0.39 is 5.91 Å². The van der Waals surface area contributed by atoms with Gasteiger partial charge < -0.3 is 14.8 Å². The number of carbonyl (C=O) groups is 1. The van der Waals surface area contributed by atoms with Crippen LogP contribution in [0.2, 0.25) is 0 Å². The zero-order chi connectivity index (χ0) is 24.0. The Kier molecular flexibility index (Phi) is 8.06. The van der Waals surface area contributed by atoms with E-state index in [9.17, 15) is 14.4 Å². The molecule has 0 bridgehead atoms. The van der Waals surface area contributed by atoms with Gasteiger partial charge in [-0.1, -0.05) is 30.3 Å². The highest BCUT2D eigenvalue weighted by atomic mass is 127. The SMILES string of the molecule is COc1cc(/C=C(\C#N)C(=O)Nc2cccc(C)c2C)cc(I)c1OCc1ccccc1F. The molecule has 168 valence electrons. The number of benzene rings is 3. The number of hydrogen-bond acceptors (Lipinski definition) is 4. The number of nitrogens with zero attached hydrogens (tertiary/aromatic N) is 1. The zero-order valence-corrected chi connectivity index (χ0v) is 20.6. The third kappa shape index (κ3) is 5.90. The number of ether oxygens (including phenoxy) is 2. The van der Waals surface area contributed by atoms with E-state index in [1.807, 2.05) is 32.0 Å². The van der Waals surface area contributed by atoms with E-state index in [1.165, 1.54) is 19.3 Å². The largest absolute Gasteiger partial charge is 0.493 e. The molecule has 7 heteroatoms. The maximum atomic E-state index is 13.9. The topological polar surface area (TPSA) is 71.3 Å². The summed E-state index contributed by atoms with van der Waals surface area (Å²) in [4.78, 5) is 12.7. The molecule has 0 atom stereocenters. The Hall–Kier alpha value is -3.38. The molecule has 0 unspecified atom stereocenters. The number of carbonyl (C=O) groups excluding carboxylic acids is 1. The fourth-order valence-electron chi connectivity index (χ4n) is 3.12. The normalized spacial score (nSPS) is 11.0. The van der Waals surface area contributed by atoms with Gasteiger partial charge in [0, 0.05) is 11.3 Å². The van der Waals surface area contributed by atoms with Crippen LogP contribution in [0.15, 0.2) is 60.2 Å². The molecule has 0 saturated carbocycles. The van der Waals surface area contributed by atoms with Crippen molar-refractivity contribution in [1.29, 1.82) is 5.26 Å². The van der Waals surface area contributed by atoms with Crippen molar-refractivity contribution in [3.63, 3.8) is 0 Å². The molecule has 0 saturated heterocycles. The first-order valence-corrected chi connectivity index (χ1v) is 11.1. The maximum absolute atomic E-state index is 13.9. The number of aryl methyl sites for hydroxylation is 1. The molecule has 1 amide bonds. The lowest BCUT2D eigenvalue weighted by Crippen LogP contribution is -2.14. The number of hydrogen-bond donors (Lipinski definition) is 1. The van der Waals surface area contributed by atoms with E-state index in [1.54, 1.807) is 36.4 Å². The van der Waals surface area contributed by atoms with Gasteiger partial charge >= 0.3 is 0 Å². The van der Waals surface area contributed by atoms with Gasteiger partial charge in [-0.3, -0.25) is 4.79 Å². The first-order chi connectivity index (χ1) is 15.8. The van der Waals surface area contributed by atoms with E-state index in [0.29, 0.717) is 31.9 Å². The standard InChI is InChI=1S/C26H22FIN2O3/c1-16-7-6-10-23(17(16)2)30-26(31)20(14-29)11-18-12-22(28)25(24(13-18)32-3)33-15-19-8-4-5-9-21(19)27/h4-13H,15H2,1-3H3,(H,30,31)/b20-11+. The van der Waals surface area contributed by atoms with Gasteiger partial charge in [-0.15, -0.1) is 0 Å². The Balaban J connectivity index is 1.85. The highest BCUT2D eigenvalue weighted by Gasteiger charge is 2.15. The predicted octanol–water partition coefficient (Wildman–Crippen LogP) is 6.18. The van der Waals surface area contributed by atoms with Crippen LogP contribution in [0.1, 0.15) is 22.3 Å². The number of halogens is 2. The average Bonchev–Trinajstić information content (AvgIpc) is 2.80. The Morgan fingerprint density at radius 2 is 1.94 bits per heavy atom. The maximum Gasteiger partial charge on any atom is 0.266 e. The highest BCUT2D eigenvalue weighted by Crippen LogP contribution is 2.35. The minimum absolute atomic E-state index is 0.0376. The monoisotopic (exact) mass is 556 g/mol. The summed E-state index contributed by atoms with van der Waals surface area (Å²) in [5, 5.41) is 12.4. The number of anilines is 1. The van der Waals surface area contributed by atoms with Crippen LogP contribution in [0.5, 0.6) is 11.5 Å². The molecule has 0 radical (unpaired) electrons. The van der Waals surface area contributed by atoms with E-state index >= 15 is 0 Å². The van der Waals surface area contributed by atoms with Crippen molar-refractivity contribution < 1.29 is 18.7 Å². The van der Waals surface area contributed by atoms with E-state index in [0.717, 1.165) is 11.1 Å². The Bertz CT molecular complexity index is 1260. The van der Waals surface area contributed by atoms with Gasteiger partial charge in [0.15, 0.2) is 11.5 Å². The minimum Gasteiger partial charge on any atom is -0.493 e. The molecule has 0 heterocycles. The summed E-state index contributed by atoms with van der Waals surface area (Å²) < 4.78 is 25.9. The Morgan fingerprint density at radius 1 is 1.18 bits per heavy atom. The van der Waals surface area contributed by atoms with Crippen LogP contribution in [0.3, 0.4) is 0 Å². The van der Waals surface area contributed by atoms with Gasteiger partial charge in [0.1, 0.15) is 24.1 Å². The quantitative estimate of drug-likeness (QED) is 0.214. The third-order valence-corrected chi connectivity index (χ3v) is 5.91. The van der Waals surface area contributed by atoms with Crippen LogP contribution in [0.25, 0.3) is 6.08 Å². The molecule has 0 aromatic heterocycles. The molecule has 3 aromatic carbocycles. The second-order valence-corrected chi connectivity index (χ2v) is 8.45. The van der Waals surface area contributed by atoms with Gasteiger partial charge in [0.2, 0.25) is 0 Å². The molecule has 3 rings (SSSR count). The fourth-order valence-corrected chi connectivity index (χ4v) is 3.90.